The van der Waals surface area contributed by atoms with E-state index in [1.807, 2.05) is 6.92 Å². The summed E-state index contributed by atoms with van der Waals surface area (Å²) in [6.07, 6.45) is 4.95. The van der Waals surface area contributed by atoms with Crippen LogP contribution < -0.4 is 0 Å². The van der Waals surface area contributed by atoms with E-state index in [0.717, 1.165) is 19.4 Å². The minimum Gasteiger partial charge on any atom is -0.505 e. The zero-order chi connectivity index (χ0) is 13.5. The lowest BCUT2D eigenvalue weighted by atomic mass is 10.0. The van der Waals surface area contributed by atoms with Crippen molar-refractivity contribution >= 4 is 5.91 Å². The average Bonchev–Trinajstić information content (AvgIpc) is 2.40. The fourth-order valence-electron chi connectivity index (χ4n) is 1.95. The molecule has 0 aliphatic heterocycles. The van der Waals surface area contributed by atoms with E-state index < -0.39 is 0 Å². The van der Waals surface area contributed by atoms with Crippen molar-refractivity contribution in [3.05, 3.63) is 24.0 Å². The molecule has 1 N–H and O–H groups in total. The molecular formula is C14H22N2O2. The van der Waals surface area contributed by atoms with Crippen LogP contribution >= 0.6 is 0 Å². The molecule has 0 aliphatic carbocycles. The summed E-state index contributed by atoms with van der Waals surface area (Å²) < 4.78 is 0. The number of carbonyl (C=O) groups excluding carboxylic acids is 1. The van der Waals surface area contributed by atoms with Gasteiger partial charge in [-0.2, -0.15) is 0 Å². The van der Waals surface area contributed by atoms with Crippen LogP contribution in [0, 0.1) is 5.92 Å². The van der Waals surface area contributed by atoms with E-state index in [1.54, 1.807) is 11.0 Å². The molecule has 1 rings (SSSR count). The van der Waals surface area contributed by atoms with Crippen molar-refractivity contribution < 1.29 is 9.90 Å². The number of aromatic nitrogens is 1. The van der Waals surface area contributed by atoms with Crippen LogP contribution in [0.2, 0.25) is 0 Å². The Balaban J connectivity index is 2.83. The van der Waals surface area contributed by atoms with Crippen LogP contribution in [0.25, 0.3) is 0 Å². The van der Waals surface area contributed by atoms with E-state index in [0.29, 0.717) is 18.0 Å². The predicted octanol–water partition coefficient (Wildman–Crippen LogP) is 2.69. The first-order chi connectivity index (χ1) is 8.63. The first-order valence-corrected chi connectivity index (χ1v) is 6.56. The molecule has 1 amide bonds. The molecule has 0 unspecified atom stereocenters. The molecule has 0 bridgehead atoms. The van der Waals surface area contributed by atoms with Crippen LogP contribution in [0.15, 0.2) is 18.5 Å². The van der Waals surface area contributed by atoms with Crippen molar-refractivity contribution in [3.8, 4) is 5.75 Å². The van der Waals surface area contributed by atoms with Gasteiger partial charge in [0.25, 0.3) is 5.91 Å². The summed E-state index contributed by atoms with van der Waals surface area (Å²) in [7, 11) is 0. The van der Waals surface area contributed by atoms with Gasteiger partial charge in [-0.1, -0.05) is 26.7 Å². The first-order valence-electron chi connectivity index (χ1n) is 6.56. The molecule has 1 aromatic rings. The Morgan fingerprint density at radius 2 is 2.06 bits per heavy atom. The SMILES string of the molecule is CCC(CC)CN(CC)C(=O)c1ccncc1O. The minimum atomic E-state index is -0.121. The molecule has 0 spiro atoms. The summed E-state index contributed by atoms with van der Waals surface area (Å²) in [5.74, 6) is 0.340. The first kappa shape index (κ1) is 14.5. The third kappa shape index (κ3) is 3.45. The number of rotatable bonds is 6. The second-order valence-corrected chi connectivity index (χ2v) is 4.42. The van der Waals surface area contributed by atoms with Crippen LogP contribution in [0.3, 0.4) is 0 Å². The molecule has 18 heavy (non-hydrogen) atoms. The number of aromatic hydroxyl groups is 1. The minimum absolute atomic E-state index is 0.0505. The van der Waals surface area contributed by atoms with E-state index in [-0.39, 0.29) is 11.7 Å². The zero-order valence-electron chi connectivity index (χ0n) is 11.4. The van der Waals surface area contributed by atoms with E-state index >= 15 is 0 Å². The van der Waals surface area contributed by atoms with Gasteiger partial charge in [0.2, 0.25) is 0 Å². The van der Waals surface area contributed by atoms with Crippen LogP contribution in [0.5, 0.6) is 5.75 Å². The van der Waals surface area contributed by atoms with Crippen molar-refractivity contribution in [2.45, 2.75) is 33.6 Å². The van der Waals surface area contributed by atoms with Gasteiger partial charge < -0.3 is 10.0 Å². The summed E-state index contributed by atoms with van der Waals surface area (Å²) in [6.45, 7) is 7.62. The second-order valence-electron chi connectivity index (χ2n) is 4.42. The summed E-state index contributed by atoms with van der Waals surface area (Å²) in [4.78, 5) is 17.9. The number of amides is 1. The van der Waals surface area contributed by atoms with E-state index in [9.17, 15) is 9.90 Å². The summed E-state index contributed by atoms with van der Waals surface area (Å²) >= 11 is 0. The van der Waals surface area contributed by atoms with Crippen molar-refractivity contribution in [2.24, 2.45) is 5.92 Å². The molecule has 0 aromatic carbocycles. The second kappa shape index (κ2) is 6.99. The molecule has 0 saturated heterocycles. The highest BCUT2D eigenvalue weighted by Crippen LogP contribution is 2.18. The quantitative estimate of drug-likeness (QED) is 0.844. The Bertz CT molecular complexity index is 389. The zero-order valence-corrected chi connectivity index (χ0v) is 11.4. The number of carbonyl (C=O) groups is 1. The van der Waals surface area contributed by atoms with E-state index in [4.69, 9.17) is 0 Å². The average molecular weight is 250 g/mol. The third-order valence-electron chi connectivity index (χ3n) is 3.33. The van der Waals surface area contributed by atoms with Crippen LogP contribution in [0.4, 0.5) is 0 Å². The Morgan fingerprint density at radius 3 is 2.56 bits per heavy atom. The molecule has 1 aromatic heterocycles. The smallest absolute Gasteiger partial charge is 0.257 e. The molecule has 0 radical (unpaired) electrons. The largest absolute Gasteiger partial charge is 0.505 e. The highest BCUT2D eigenvalue weighted by Gasteiger charge is 2.19. The van der Waals surface area contributed by atoms with Gasteiger partial charge in [0.15, 0.2) is 0 Å². The third-order valence-corrected chi connectivity index (χ3v) is 3.33. The van der Waals surface area contributed by atoms with Gasteiger partial charge in [-0.05, 0) is 18.9 Å². The predicted molar refractivity (Wildman–Crippen MR) is 71.6 cm³/mol. The molecule has 4 heteroatoms. The number of nitrogens with zero attached hydrogens (tertiary/aromatic N) is 2. The lowest BCUT2D eigenvalue weighted by Crippen LogP contribution is -2.35. The molecule has 1 heterocycles. The highest BCUT2D eigenvalue weighted by atomic mass is 16.3. The fourth-order valence-corrected chi connectivity index (χ4v) is 1.95. The van der Waals surface area contributed by atoms with Crippen molar-refractivity contribution in [1.29, 1.82) is 0 Å². The Morgan fingerprint density at radius 1 is 1.39 bits per heavy atom. The lowest BCUT2D eigenvalue weighted by molar-refractivity contribution is 0.0731. The molecule has 0 fully saturated rings. The summed E-state index contributed by atoms with van der Waals surface area (Å²) in [5, 5.41) is 9.66. The van der Waals surface area contributed by atoms with Gasteiger partial charge in [-0.15, -0.1) is 0 Å². The lowest BCUT2D eigenvalue weighted by Gasteiger charge is -2.25. The number of hydrogen-bond donors (Lipinski definition) is 1. The maximum Gasteiger partial charge on any atom is 0.257 e. The molecule has 4 nitrogen and oxygen atoms in total. The van der Waals surface area contributed by atoms with Gasteiger partial charge in [0, 0.05) is 19.3 Å². The number of hydrogen-bond acceptors (Lipinski definition) is 3. The van der Waals surface area contributed by atoms with Crippen LogP contribution in [-0.2, 0) is 0 Å². The van der Waals surface area contributed by atoms with Gasteiger partial charge in [-0.25, -0.2) is 0 Å². The molecular weight excluding hydrogens is 228 g/mol. The molecule has 0 saturated carbocycles. The Hall–Kier alpha value is -1.58. The fraction of sp³-hybridized carbons (Fsp3) is 0.571. The van der Waals surface area contributed by atoms with E-state index in [2.05, 4.69) is 18.8 Å². The van der Waals surface area contributed by atoms with Crippen molar-refractivity contribution in [3.63, 3.8) is 0 Å². The van der Waals surface area contributed by atoms with Crippen molar-refractivity contribution in [1.82, 2.24) is 9.88 Å². The van der Waals surface area contributed by atoms with E-state index in [1.165, 1.54) is 12.4 Å². The van der Waals surface area contributed by atoms with Gasteiger partial charge >= 0.3 is 0 Å². The monoisotopic (exact) mass is 250 g/mol. The Labute approximate surface area is 109 Å². The molecule has 0 atom stereocenters. The Kier molecular flexibility index (Phi) is 5.62. The maximum absolute atomic E-state index is 12.3. The van der Waals surface area contributed by atoms with Gasteiger partial charge in [-0.3, -0.25) is 9.78 Å². The molecule has 100 valence electrons. The van der Waals surface area contributed by atoms with Gasteiger partial charge in [0.1, 0.15) is 5.75 Å². The maximum atomic E-state index is 12.3. The number of pyridine rings is 1. The topological polar surface area (TPSA) is 53.4 Å². The van der Waals surface area contributed by atoms with Gasteiger partial charge in [0.05, 0.1) is 11.8 Å². The van der Waals surface area contributed by atoms with Crippen LogP contribution in [-0.4, -0.2) is 34.0 Å². The summed E-state index contributed by atoms with van der Waals surface area (Å²) in [6, 6.07) is 1.56. The normalized spacial score (nSPS) is 10.7. The molecule has 0 aliphatic rings. The van der Waals surface area contributed by atoms with Crippen molar-refractivity contribution in [2.75, 3.05) is 13.1 Å². The van der Waals surface area contributed by atoms with Crippen LogP contribution in [0.1, 0.15) is 44.0 Å². The summed E-state index contributed by atoms with van der Waals surface area (Å²) in [5.41, 5.74) is 0.331. The highest BCUT2D eigenvalue weighted by molar-refractivity contribution is 5.96. The standard InChI is InChI=1S/C14H22N2O2/c1-4-11(5-2)10-16(6-3)14(18)12-7-8-15-9-13(12)17/h7-9,11,17H,4-6,10H2,1-3H3.